The Morgan fingerprint density at radius 1 is 1.42 bits per heavy atom. The van der Waals surface area contributed by atoms with Crippen LogP contribution < -0.4 is 4.57 Å². The van der Waals surface area contributed by atoms with E-state index in [9.17, 15) is 0 Å². The maximum Gasteiger partial charge on any atom is 0.170 e. The van der Waals surface area contributed by atoms with Gasteiger partial charge in [-0.1, -0.05) is 15.9 Å². The van der Waals surface area contributed by atoms with Crippen molar-refractivity contribution in [1.29, 1.82) is 5.26 Å². The number of rotatable bonds is 3. The fraction of sp³-hybridized carbons (Fsp3) is 0.333. The van der Waals surface area contributed by atoms with Crippen LogP contribution in [0.4, 0.5) is 0 Å². The molecule has 1 aromatic rings. The molecule has 0 saturated heterocycles. The summed E-state index contributed by atoms with van der Waals surface area (Å²) in [5, 5.41) is 9.55. The van der Waals surface area contributed by atoms with Gasteiger partial charge in [0.15, 0.2) is 12.4 Å². The van der Waals surface area contributed by atoms with Gasteiger partial charge in [-0.25, -0.2) is 4.57 Å². The summed E-state index contributed by atoms with van der Waals surface area (Å²) in [6.45, 7) is 0.997. The molecule has 0 bridgehead atoms. The third kappa shape index (κ3) is 2.63. The molecule has 0 fully saturated rings. The van der Waals surface area contributed by atoms with Crippen molar-refractivity contribution in [3.8, 4) is 6.07 Å². The van der Waals surface area contributed by atoms with Crippen molar-refractivity contribution in [1.82, 2.24) is 0 Å². The van der Waals surface area contributed by atoms with Gasteiger partial charge in [-0.3, -0.25) is 0 Å². The zero-order valence-electron chi connectivity index (χ0n) is 6.70. The van der Waals surface area contributed by atoms with Crippen molar-refractivity contribution < 1.29 is 4.57 Å². The maximum absolute atomic E-state index is 8.54. The average molecular weight is 226 g/mol. The van der Waals surface area contributed by atoms with Crippen LogP contribution in [0.15, 0.2) is 24.5 Å². The van der Waals surface area contributed by atoms with Crippen LogP contribution in [0.5, 0.6) is 0 Å². The highest BCUT2D eigenvalue weighted by Gasteiger charge is 1.98. The highest BCUT2D eigenvalue weighted by molar-refractivity contribution is 9.09. The van der Waals surface area contributed by atoms with Gasteiger partial charge in [0.05, 0.1) is 11.6 Å². The Morgan fingerprint density at radius 2 is 2.08 bits per heavy atom. The van der Waals surface area contributed by atoms with E-state index in [2.05, 4.69) is 26.6 Å². The molecule has 0 aliphatic carbocycles. The summed E-state index contributed by atoms with van der Waals surface area (Å²) >= 11 is 3.37. The van der Waals surface area contributed by atoms with E-state index in [-0.39, 0.29) is 0 Å². The largest absolute Gasteiger partial charge is 0.205 e. The van der Waals surface area contributed by atoms with Gasteiger partial charge in [0.25, 0.3) is 0 Å². The second kappa shape index (κ2) is 4.89. The van der Waals surface area contributed by atoms with Crippen LogP contribution in [0.2, 0.25) is 0 Å². The number of hydrogen-bond acceptors (Lipinski definition) is 1. The van der Waals surface area contributed by atoms with E-state index in [1.165, 1.54) is 0 Å². The smallest absolute Gasteiger partial charge is 0.170 e. The van der Waals surface area contributed by atoms with Gasteiger partial charge in [0.1, 0.15) is 6.54 Å². The van der Waals surface area contributed by atoms with Crippen molar-refractivity contribution >= 4 is 15.9 Å². The molecule has 0 radical (unpaired) electrons. The van der Waals surface area contributed by atoms with Crippen molar-refractivity contribution in [3.63, 3.8) is 0 Å². The molecule has 0 atom stereocenters. The minimum atomic E-state index is 0.713. The third-order valence-electron chi connectivity index (χ3n) is 1.57. The van der Waals surface area contributed by atoms with Gasteiger partial charge >= 0.3 is 0 Å². The van der Waals surface area contributed by atoms with E-state index < -0.39 is 0 Å². The third-order valence-corrected chi connectivity index (χ3v) is 2.13. The lowest BCUT2D eigenvalue weighted by Crippen LogP contribution is -2.32. The second-order valence-corrected chi connectivity index (χ2v) is 3.27. The van der Waals surface area contributed by atoms with E-state index in [0.29, 0.717) is 5.56 Å². The molecule has 0 unspecified atom stereocenters. The van der Waals surface area contributed by atoms with Crippen LogP contribution in [-0.2, 0) is 6.54 Å². The molecule has 62 valence electrons. The number of halogens is 1. The molecule has 0 aromatic carbocycles. The maximum atomic E-state index is 8.54. The Kier molecular flexibility index (Phi) is 3.75. The second-order valence-electron chi connectivity index (χ2n) is 2.48. The summed E-state index contributed by atoms with van der Waals surface area (Å²) in [6.07, 6.45) is 4.97. The first-order valence-corrected chi connectivity index (χ1v) is 4.94. The summed E-state index contributed by atoms with van der Waals surface area (Å²) in [4.78, 5) is 0. The van der Waals surface area contributed by atoms with Gasteiger partial charge in [-0.05, 0) is 0 Å². The molecular weight excluding hydrogens is 216 g/mol. The lowest BCUT2D eigenvalue weighted by molar-refractivity contribution is -0.696. The normalized spacial score (nSPS) is 9.33. The SMILES string of the molecule is N#Cc1cc[n+](CCCBr)cc1. The van der Waals surface area contributed by atoms with Crippen LogP contribution in [-0.4, -0.2) is 5.33 Å². The molecule has 1 rings (SSSR count). The zero-order chi connectivity index (χ0) is 8.81. The van der Waals surface area contributed by atoms with Crippen LogP contribution in [0.1, 0.15) is 12.0 Å². The summed E-state index contributed by atoms with van der Waals surface area (Å²) in [5.41, 5.74) is 0.713. The monoisotopic (exact) mass is 225 g/mol. The van der Waals surface area contributed by atoms with Gasteiger partial charge < -0.3 is 0 Å². The van der Waals surface area contributed by atoms with Gasteiger partial charge in [0, 0.05) is 23.9 Å². The predicted molar refractivity (Wildman–Crippen MR) is 49.8 cm³/mol. The molecular formula is C9H10BrN2+. The van der Waals surface area contributed by atoms with Gasteiger partial charge in [-0.2, -0.15) is 5.26 Å². The van der Waals surface area contributed by atoms with Crippen LogP contribution >= 0.6 is 15.9 Å². The van der Waals surface area contributed by atoms with Crippen LogP contribution in [0.3, 0.4) is 0 Å². The molecule has 0 saturated carbocycles. The minimum Gasteiger partial charge on any atom is -0.205 e. The number of nitrogens with zero attached hydrogens (tertiary/aromatic N) is 2. The molecule has 1 heterocycles. The fourth-order valence-corrected chi connectivity index (χ4v) is 1.17. The molecule has 12 heavy (non-hydrogen) atoms. The Balaban J connectivity index is 2.60. The number of aryl methyl sites for hydroxylation is 1. The van der Waals surface area contributed by atoms with Gasteiger partial charge in [-0.15, -0.1) is 0 Å². The molecule has 0 aliphatic rings. The first-order chi connectivity index (χ1) is 5.86. The Labute approximate surface area is 80.6 Å². The van der Waals surface area contributed by atoms with E-state index in [1.54, 1.807) is 0 Å². The highest BCUT2D eigenvalue weighted by atomic mass is 79.9. The number of alkyl halides is 1. The van der Waals surface area contributed by atoms with Crippen molar-refractivity contribution in [3.05, 3.63) is 30.1 Å². The topological polar surface area (TPSA) is 27.7 Å². The van der Waals surface area contributed by atoms with Crippen molar-refractivity contribution in [2.24, 2.45) is 0 Å². The fourth-order valence-electron chi connectivity index (χ4n) is 0.923. The number of hydrogen-bond donors (Lipinski definition) is 0. The summed E-state index contributed by atoms with van der Waals surface area (Å²) in [5.74, 6) is 0. The standard InChI is InChI=1S/C9H10BrN2/c10-4-1-5-12-6-2-9(8-11)3-7-12/h2-3,6-7H,1,4-5H2/q+1. The first-order valence-electron chi connectivity index (χ1n) is 3.82. The lowest BCUT2D eigenvalue weighted by atomic mass is 10.3. The van der Waals surface area contributed by atoms with E-state index in [0.717, 1.165) is 18.3 Å². The minimum absolute atomic E-state index is 0.713. The van der Waals surface area contributed by atoms with Crippen molar-refractivity contribution in [2.75, 3.05) is 5.33 Å². The Bertz CT molecular complexity index is 274. The van der Waals surface area contributed by atoms with Gasteiger partial charge in [0.2, 0.25) is 0 Å². The van der Waals surface area contributed by atoms with E-state index in [4.69, 9.17) is 5.26 Å². The molecule has 2 nitrogen and oxygen atoms in total. The number of nitriles is 1. The van der Waals surface area contributed by atoms with E-state index in [1.807, 2.05) is 24.5 Å². The Morgan fingerprint density at radius 3 is 2.58 bits per heavy atom. The average Bonchev–Trinajstić information content (AvgIpc) is 2.15. The molecule has 0 amide bonds. The highest BCUT2D eigenvalue weighted by Crippen LogP contribution is 1.92. The predicted octanol–water partition coefficient (Wildman–Crippen LogP) is 1.63. The molecule has 3 heteroatoms. The quantitative estimate of drug-likeness (QED) is 0.568. The van der Waals surface area contributed by atoms with Crippen LogP contribution in [0, 0.1) is 11.3 Å². The number of aromatic nitrogens is 1. The molecule has 0 N–H and O–H groups in total. The van der Waals surface area contributed by atoms with E-state index >= 15 is 0 Å². The number of pyridine rings is 1. The molecule has 1 aromatic heterocycles. The lowest BCUT2D eigenvalue weighted by Gasteiger charge is -1.92. The molecule has 0 spiro atoms. The summed E-state index contributed by atoms with van der Waals surface area (Å²) < 4.78 is 2.07. The Hall–Kier alpha value is -0.880. The molecule has 0 aliphatic heterocycles. The summed E-state index contributed by atoms with van der Waals surface area (Å²) in [7, 11) is 0. The van der Waals surface area contributed by atoms with Crippen molar-refractivity contribution in [2.45, 2.75) is 13.0 Å². The summed E-state index contributed by atoms with van der Waals surface area (Å²) in [6, 6.07) is 5.74. The van der Waals surface area contributed by atoms with Crippen LogP contribution in [0.25, 0.3) is 0 Å². The zero-order valence-corrected chi connectivity index (χ0v) is 8.29. The first kappa shape index (κ1) is 9.21.